The van der Waals surface area contributed by atoms with E-state index < -0.39 is 5.91 Å². The zero-order valence-corrected chi connectivity index (χ0v) is 10.4. The van der Waals surface area contributed by atoms with Crippen LogP contribution in [0.4, 0.5) is 5.69 Å². The maximum Gasteiger partial charge on any atom is 0.255 e. The average Bonchev–Trinajstić information content (AvgIpc) is 2.39. The molecule has 0 saturated heterocycles. The van der Waals surface area contributed by atoms with E-state index in [1.165, 1.54) is 18.5 Å². The molecule has 0 spiro atoms. The number of aryl methyl sites for hydroxylation is 1. The summed E-state index contributed by atoms with van der Waals surface area (Å²) in [6.45, 7) is 1.90. The van der Waals surface area contributed by atoms with Gasteiger partial charge in [0.1, 0.15) is 0 Å². The lowest BCUT2D eigenvalue weighted by atomic mass is 10.1. The van der Waals surface area contributed by atoms with Crippen molar-refractivity contribution in [1.29, 1.82) is 0 Å². The van der Waals surface area contributed by atoms with Crippen molar-refractivity contribution >= 4 is 17.5 Å². The van der Waals surface area contributed by atoms with Gasteiger partial charge in [-0.2, -0.15) is 0 Å². The third-order valence-electron chi connectivity index (χ3n) is 2.61. The molecular formula is C14H13N3O2. The van der Waals surface area contributed by atoms with Gasteiger partial charge in [0.05, 0.1) is 17.4 Å². The zero-order valence-electron chi connectivity index (χ0n) is 10.4. The molecule has 0 radical (unpaired) electrons. The first kappa shape index (κ1) is 12.8. The largest absolute Gasteiger partial charge is 0.366 e. The van der Waals surface area contributed by atoms with Crippen molar-refractivity contribution in [2.24, 2.45) is 5.73 Å². The number of nitrogens with zero attached hydrogens (tertiary/aromatic N) is 1. The van der Waals surface area contributed by atoms with Gasteiger partial charge < -0.3 is 11.1 Å². The molecule has 2 aromatic rings. The number of nitrogens with one attached hydrogen (secondary N) is 1. The van der Waals surface area contributed by atoms with Gasteiger partial charge in [-0.3, -0.25) is 14.6 Å². The molecule has 2 rings (SSSR count). The Kier molecular flexibility index (Phi) is 3.56. The molecule has 0 unspecified atom stereocenters. The highest BCUT2D eigenvalue weighted by Gasteiger charge is 2.12. The van der Waals surface area contributed by atoms with Crippen LogP contribution in [0.25, 0.3) is 0 Å². The first-order chi connectivity index (χ1) is 9.08. The number of primary amides is 1. The molecule has 1 aromatic heterocycles. The molecule has 96 valence electrons. The summed E-state index contributed by atoms with van der Waals surface area (Å²) in [6.07, 6.45) is 2.84. The topological polar surface area (TPSA) is 85.1 Å². The van der Waals surface area contributed by atoms with Crippen molar-refractivity contribution < 1.29 is 9.59 Å². The van der Waals surface area contributed by atoms with Crippen LogP contribution in [0.3, 0.4) is 0 Å². The van der Waals surface area contributed by atoms with Gasteiger partial charge in [0.25, 0.3) is 11.8 Å². The summed E-state index contributed by atoms with van der Waals surface area (Å²) in [5.41, 5.74) is 7.27. The molecule has 0 bridgehead atoms. The van der Waals surface area contributed by atoms with Crippen LogP contribution in [0, 0.1) is 6.92 Å². The third-order valence-corrected chi connectivity index (χ3v) is 2.61. The molecule has 0 aliphatic heterocycles. The maximum atomic E-state index is 12.1. The maximum absolute atomic E-state index is 12.1. The lowest BCUT2D eigenvalue weighted by molar-refractivity contribution is 0.100. The van der Waals surface area contributed by atoms with Crippen LogP contribution >= 0.6 is 0 Å². The second-order valence-corrected chi connectivity index (χ2v) is 4.11. The minimum absolute atomic E-state index is 0.232. The minimum Gasteiger partial charge on any atom is -0.366 e. The Morgan fingerprint density at radius 3 is 2.74 bits per heavy atom. The molecule has 0 aliphatic carbocycles. The number of benzene rings is 1. The van der Waals surface area contributed by atoms with E-state index in [1.807, 2.05) is 13.0 Å². The molecule has 1 aromatic carbocycles. The summed E-state index contributed by atoms with van der Waals surface area (Å²) in [4.78, 5) is 27.2. The third kappa shape index (κ3) is 2.95. The minimum atomic E-state index is -0.609. The van der Waals surface area contributed by atoms with Crippen LogP contribution in [0.5, 0.6) is 0 Å². The fourth-order valence-electron chi connectivity index (χ4n) is 1.69. The number of amides is 2. The highest BCUT2D eigenvalue weighted by atomic mass is 16.2. The van der Waals surface area contributed by atoms with Gasteiger partial charge in [0, 0.05) is 11.8 Å². The molecule has 19 heavy (non-hydrogen) atoms. The molecule has 0 fully saturated rings. The Balaban J connectivity index is 2.27. The lowest BCUT2D eigenvalue weighted by Gasteiger charge is -2.08. The van der Waals surface area contributed by atoms with E-state index in [2.05, 4.69) is 10.3 Å². The first-order valence-corrected chi connectivity index (χ1v) is 5.70. The van der Waals surface area contributed by atoms with E-state index in [9.17, 15) is 9.59 Å². The SMILES string of the molecule is Cc1cccc(C(=O)Nc2cnccc2C(N)=O)c1. The Bertz CT molecular complexity index is 638. The van der Waals surface area contributed by atoms with E-state index in [0.717, 1.165) is 5.56 Å². The smallest absolute Gasteiger partial charge is 0.255 e. The van der Waals surface area contributed by atoms with Gasteiger partial charge in [-0.1, -0.05) is 17.7 Å². The van der Waals surface area contributed by atoms with Crippen molar-refractivity contribution in [1.82, 2.24) is 4.98 Å². The van der Waals surface area contributed by atoms with Crippen molar-refractivity contribution in [3.05, 3.63) is 59.4 Å². The summed E-state index contributed by atoms with van der Waals surface area (Å²) in [5, 5.41) is 2.63. The molecular weight excluding hydrogens is 242 g/mol. The molecule has 2 amide bonds. The van der Waals surface area contributed by atoms with Crippen LogP contribution in [0.2, 0.25) is 0 Å². The quantitative estimate of drug-likeness (QED) is 0.876. The average molecular weight is 255 g/mol. The number of hydrogen-bond donors (Lipinski definition) is 2. The second kappa shape index (κ2) is 5.30. The number of hydrogen-bond acceptors (Lipinski definition) is 3. The zero-order chi connectivity index (χ0) is 13.8. The van der Waals surface area contributed by atoms with Crippen molar-refractivity contribution in [3.63, 3.8) is 0 Å². The van der Waals surface area contributed by atoms with E-state index in [1.54, 1.807) is 18.2 Å². The van der Waals surface area contributed by atoms with Gasteiger partial charge in [0.2, 0.25) is 0 Å². The molecule has 0 aliphatic rings. The van der Waals surface area contributed by atoms with E-state index >= 15 is 0 Å². The predicted octanol–water partition coefficient (Wildman–Crippen LogP) is 1.74. The van der Waals surface area contributed by atoms with Gasteiger partial charge in [-0.25, -0.2) is 0 Å². The Morgan fingerprint density at radius 1 is 1.26 bits per heavy atom. The van der Waals surface area contributed by atoms with Crippen LogP contribution in [0.15, 0.2) is 42.7 Å². The molecule has 3 N–H and O–H groups in total. The number of nitrogens with two attached hydrogens (primary N) is 1. The summed E-state index contributed by atoms with van der Waals surface area (Å²) in [5.74, 6) is -0.916. The molecule has 5 heteroatoms. The summed E-state index contributed by atoms with van der Waals surface area (Å²) >= 11 is 0. The fourth-order valence-corrected chi connectivity index (χ4v) is 1.69. The monoisotopic (exact) mass is 255 g/mol. The van der Waals surface area contributed by atoms with E-state index in [4.69, 9.17) is 5.73 Å². The summed E-state index contributed by atoms with van der Waals surface area (Å²) < 4.78 is 0. The molecule has 0 saturated carbocycles. The Labute approximate surface area is 110 Å². The van der Waals surface area contributed by atoms with Crippen LogP contribution in [0.1, 0.15) is 26.3 Å². The van der Waals surface area contributed by atoms with Gasteiger partial charge >= 0.3 is 0 Å². The fraction of sp³-hybridized carbons (Fsp3) is 0.0714. The number of anilines is 1. The summed E-state index contributed by atoms with van der Waals surface area (Å²) in [6, 6.07) is 8.62. The normalized spacial score (nSPS) is 9.95. The van der Waals surface area contributed by atoms with Crippen molar-refractivity contribution in [3.8, 4) is 0 Å². The Morgan fingerprint density at radius 2 is 2.05 bits per heavy atom. The molecule has 1 heterocycles. The Hall–Kier alpha value is -2.69. The lowest BCUT2D eigenvalue weighted by Crippen LogP contribution is -2.18. The van der Waals surface area contributed by atoms with E-state index in [0.29, 0.717) is 11.3 Å². The number of pyridine rings is 1. The standard InChI is InChI=1S/C14H13N3O2/c1-9-3-2-4-10(7-9)14(19)17-12-8-16-6-5-11(12)13(15)18/h2-8H,1H3,(H2,15,18)(H,17,19). The molecule has 0 atom stereocenters. The number of rotatable bonds is 3. The van der Waals surface area contributed by atoms with E-state index in [-0.39, 0.29) is 11.5 Å². The van der Waals surface area contributed by atoms with Crippen LogP contribution in [-0.2, 0) is 0 Å². The van der Waals surface area contributed by atoms with Crippen LogP contribution < -0.4 is 11.1 Å². The van der Waals surface area contributed by atoms with Gasteiger partial charge in [-0.05, 0) is 25.1 Å². The summed E-state index contributed by atoms with van der Waals surface area (Å²) in [7, 11) is 0. The van der Waals surface area contributed by atoms with Crippen molar-refractivity contribution in [2.45, 2.75) is 6.92 Å². The highest BCUT2D eigenvalue weighted by Crippen LogP contribution is 2.14. The predicted molar refractivity (Wildman–Crippen MR) is 71.9 cm³/mol. The number of carbonyl (C=O) groups excluding carboxylic acids is 2. The number of aromatic nitrogens is 1. The van der Waals surface area contributed by atoms with Gasteiger partial charge in [-0.15, -0.1) is 0 Å². The number of carbonyl (C=O) groups is 2. The highest BCUT2D eigenvalue weighted by molar-refractivity contribution is 6.08. The van der Waals surface area contributed by atoms with Crippen LogP contribution in [-0.4, -0.2) is 16.8 Å². The van der Waals surface area contributed by atoms with Gasteiger partial charge in [0.15, 0.2) is 0 Å². The van der Waals surface area contributed by atoms with Crippen molar-refractivity contribution in [2.75, 3.05) is 5.32 Å². The first-order valence-electron chi connectivity index (χ1n) is 5.70. The molecule has 5 nitrogen and oxygen atoms in total. The second-order valence-electron chi connectivity index (χ2n) is 4.11.